The van der Waals surface area contributed by atoms with E-state index in [1.807, 2.05) is 42.5 Å². The van der Waals surface area contributed by atoms with Crippen molar-refractivity contribution in [3.8, 4) is 0 Å². The second kappa shape index (κ2) is 10.4. The van der Waals surface area contributed by atoms with E-state index < -0.39 is 0 Å². The van der Waals surface area contributed by atoms with Crippen LogP contribution in [-0.4, -0.2) is 23.4 Å². The third kappa shape index (κ3) is 5.73. The Morgan fingerprint density at radius 1 is 0.846 bits per heavy atom. The van der Waals surface area contributed by atoms with Crippen LogP contribution in [0.15, 0.2) is 54.6 Å². The summed E-state index contributed by atoms with van der Waals surface area (Å²) in [5.74, 6) is -0.445. The van der Waals surface area contributed by atoms with Crippen molar-refractivity contribution in [1.82, 2.24) is 10.4 Å². The van der Waals surface area contributed by atoms with Gasteiger partial charge in [-0.3, -0.25) is 15.0 Å². The molecule has 0 radical (unpaired) electrons. The van der Waals surface area contributed by atoms with E-state index in [1.165, 1.54) is 10.6 Å². The summed E-state index contributed by atoms with van der Waals surface area (Å²) in [5, 5.41) is 1.42. The van der Waals surface area contributed by atoms with Crippen molar-refractivity contribution in [1.29, 1.82) is 0 Å². The number of hydrogen-bond donors (Lipinski definition) is 1. The fourth-order valence-corrected chi connectivity index (χ4v) is 2.65. The van der Waals surface area contributed by atoms with Crippen LogP contribution in [0.2, 0.25) is 0 Å². The van der Waals surface area contributed by atoms with E-state index in [1.54, 1.807) is 12.1 Å². The Labute approximate surface area is 156 Å². The van der Waals surface area contributed by atoms with Gasteiger partial charge >= 0.3 is 0 Å². The van der Waals surface area contributed by atoms with Crippen LogP contribution in [0, 0.1) is 0 Å². The average molecular weight is 352 g/mol. The van der Waals surface area contributed by atoms with Crippen molar-refractivity contribution in [2.24, 2.45) is 0 Å². The van der Waals surface area contributed by atoms with Crippen LogP contribution >= 0.6 is 0 Å². The summed E-state index contributed by atoms with van der Waals surface area (Å²) < 4.78 is 0. The highest BCUT2D eigenvalue weighted by Crippen LogP contribution is 2.09. The van der Waals surface area contributed by atoms with Gasteiger partial charge in [-0.25, -0.2) is 5.01 Å². The van der Waals surface area contributed by atoms with Gasteiger partial charge in [0.1, 0.15) is 0 Å². The maximum atomic E-state index is 12.7. The normalized spacial score (nSPS) is 10.4. The second-order valence-corrected chi connectivity index (χ2v) is 6.42. The number of carbonyl (C=O) groups is 2. The Balaban J connectivity index is 2.07. The standard InChI is InChI=1S/C22H28N2O2/c1-3-5-10-18-13-15-19(16-14-18)21(25)23-24(17-6-4-2)22(26)20-11-8-7-9-12-20/h7-9,11-16H,3-6,10,17H2,1-2H3,(H,23,25). The number of benzene rings is 2. The maximum Gasteiger partial charge on any atom is 0.272 e. The third-order valence-corrected chi connectivity index (χ3v) is 4.27. The molecule has 0 saturated carbocycles. The van der Waals surface area contributed by atoms with Crippen LogP contribution in [0.25, 0.3) is 0 Å². The quantitative estimate of drug-likeness (QED) is 0.705. The van der Waals surface area contributed by atoms with Crippen molar-refractivity contribution in [3.05, 3.63) is 71.3 Å². The van der Waals surface area contributed by atoms with Crippen molar-refractivity contribution in [2.75, 3.05) is 6.54 Å². The lowest BCUT2D eigenvalue weighted by atomic mass is 10.1. The van der Waals surface area contributed by atoms with Gasteiger partial charge in [-0.1, -0.05) is 57.0 Å². The predicted molar refractivity (Wildman–Crippen MR) is 105 cm³/mol. The van der Waals surface area contributed by atoms with Crippen LogP contribution in [0.5, 0.6) is 0 Å². The van der Waals surface area contributed by atoms with Crippen molar-refractivity contribution >= 4 is 11.8 Å². The molecule has 0 spiro atoms. The smallest absolute Gasteiger partial charge is 0.267 e. The van der Waals surface area contributed by atoms with Crippen molar-refractivity contribution in [3.63, 3.8) is 0 Å². The first-order valence-corrected chi connectivity index (χ1v) is 9.42. The van der Waals surface area contributed by atoms with E-state index in [-0.39, 0.29) is 11.8 Å². The molecule has 138 valence electrons. The molecule has 0 aliphatic carbocycles. The molecule has 0 aromatic heterocycles. The van der Waals surface area contributed by atoms with E-state index in [9.17, 15) is 9.59 Å². The highest BCUT2D eigenvalue weighted by Gasteiger charge is 2.18. The molecule has 1 N–H and O–H groups in total. The average Bonchev–Trinajstić information content (AvgIpc) is 2.69. The van der Waals surface area contributed by atoms with Crippen molar-refractivity contribution < 1.29 is 9.59 Å². The molecule has 0 atom stereocenters. The fourth-order valence-electron chi connectivity index (χ4n) is 2.65. The largest absolute Gasteiger partial charge is 0.272 e. The van der Waals surface area contributed by atoms with E-state index in [0.717, 1.165) is 32.1 Å². The first-order valence-electron chi connectivity index (χ1n) is 9.42. The number of nitrogens with zero attached hydrogens (tertiary/aromatic N) is 1. The zero-order valence-electron chi connectivity index (χ0n) is 15.7. The summed E-state index contributed by atoms with van der Waals surface area (Å²) in [7, 11) is 0. The Morgan fingerprint density at radius 3 is 2.12 bits per heavy atom. The van der Waals surface area contributed by atoms with Gasteiger partial charge in [-0.15, -0.1) is 0 Å². The number of unbranched alkanes of at least 4 members (excludes halogenated alkanes) is 2. The lowest BCUT2D eigenvalue weighted by Crippen LogP contribution is -2.46. The van der Waals surface area contributed by atoms with Crippen LogP contribution in [0.3, 0.4) is 0 Å². The first-order chi connectivity index (χ1) is 12.7. The Bertz CT molecular complexity index is 696. The van der Waals surface area contributed by atoms with Gasteiger partial charge in [0.15, 0.2) is 0 Å². The molecule has 0 aliphatic heterocycles. The molecular weight excluding hydrogens is 324 g/mol. The van der Waals surface area contributed by atoms with Crippen LogP contribution in [0.1, 0.15) is 65.8 Å². The third-order valence-electron chi connectivity index (χ3n) is 4.27. The van der Waals surface area contributed by atoms with Crippen molar-refractivity contribution in [2.45, 2.75) is 46.0 Å². The lowest BCUT2D eigenvalue weighted by molar-refractivity contribution is 0.0580. The summed E-state index contributed by atoms with van der Waals surface area (Å²) in [6.45, 7) is 4.71. The van der Waals surface area contributed by atoms with Gasteiger partial charge < -0.3 is 0 Å². The Hall–Kier alpha value is -2.62. The maximum absolute atomic E-state index is 12.7. The molecule has 2 rings (SSSR count). The molecule has 2 amide bonds. The number of hydrogen-bond acceptors (Lipinski definition) is 2. The summed E-state index contributed by atoms with van der Waals surface area (Å²) in [4.78, 5) is 25.3. The summed E-state index contributed by atoms with van der Waals surface area (Å²) in [6.07, 6.45) is 5.08. The molecule has 2 aromatic carbocycles. The van der Waals surface area contributed by atoms with Crippen LogP contribution < -0.4 is 5.43 Å². The predicted octanol–water partition coefficient (Wildman–Crippen LogP) is 4.62. The summed E-state index contributed by atoms with van der Waals surface area (Å²) in [6, 6.07) is 16.7. The van der Waals surface area contributed by atoms with Crippen LogP contribution in [0.4, 0.5) is 0 Å². The number of amides is 2. The lowest BCUT2D eigenvalue weighted by Gasteiger charge is -2.23. The molecule has 0 aliphatic rings. The molecule has 26 heavy (non-hydrogen) atoms. The fraction of sp³-hybridized carbons (Fsp3) is 0.364. The molecule has 4 nitrogen and oxygen atoms in total. The van der Waals surface area contributed by atoms with E-state index in [0.29, 0.717) is 17.7 Å². The van der Waals surface area contributed by atoms with Gasteiger partial charge in [-0.2, -0.15) is 0 Å². The number of carbonyl (C=O) groups excluding carboxylic acids is 2. The first kappa shape index (κ1) is 19.7. The molecular formula is C22H28N2O2. The van der Waals surface area contributed by atoms with Crippen LogP contribution in [-0.2, 0) is 6.42 Å². The minimum atomic E-state index is -0.257. The molecule has 0 fully saturated rings. The number of rotatable bonds is 8. The Morgan fingerprint density at radius 2 is 1.50 bits per heavy atom. The van der Waals surface area contributed by atoms with E-state index >= 15 is 0 Å². The number of nitrogens with one attached hydrogen (secondary N) is 1. The zero-order chi connectivity index (χ0) is 18.8. The van der Waals surface area contributed by atoms with E-state index in [2.05, 4.69) is 19.3 Å². The second-order valence-electron chi connectivity index (χ2n) is 6.42. The minimum Gasteiger partial charge on any atom is -0.267 e. The molecule has 0 saturated heterocycles. The summed E-state index contributed by atoms with van der Waals surface area (Å²) in [5.41, 5.74) is 5.13. The number of aryl methyl sites for hydroxylation is 1. The van der Waals surface area contributed by atoms with Gasteiger partial charge in [0.25, 0.3) is 11.8 Å². The highest BCUT2D eigenvalue weighted by atomic mass is 16.2. The molecule has 2 aromatic rings. The molecule has 0 unspecified atom stereocenters. The zero-order valence-corrected chi connectivity index (χ0v) is 15.7. The van der Waals surface area contributed by atoms with E-state index in [4.69, 9.17) is 0 Å². The van der Waals surface area contributed by atoms with Gasteiger partial charge in [-0.05, 0) is 49.1 Å². The topological polar surface area (TPSA) is 49.4 Å². The highest BCUT2D eigenvalue weighted by molar-refractivity contribution is 5.99. The summed E-state index contributed by atoms with van der Waals surface area (Å²) >= 11 is 0. The molecule has 4 heteroatoms. The molecule has 0 bridgehead atoms. The van der Waals surface area contributed by atoms with Gasteiger partial charge in [0, 0.05) is 17.7 Å². The minimum absolute atomic E-state index is 0.188. The van der Waals surface area contributed by atoms with Gasteiger partial charge in [0.2, 0.25) is 0 Å². The number of hydrazine groups is 1. The SMILES string of the molecule is CCCCc1ccc(C(=O)NN(CCCC)C(=O)c2ccccc2)cc1. The monoisotopic (exact) mass is 352 g/mol. The van der Waals surface area contributed by atoms with Gasteiger partial charge in [0.05, 0.1) is 0 Å². The molecule has 0 heterocycles. The Kier molecular flexibility index (Phi) is 7.87.